The average Bonchev–Trinajstić information content (AvgIpc) is 2.90. The second-order valence-electron chi connectivity index (χ2n) is 4.26. The van der Waals surface area contributed by atoms with Crippen LogP contribution in [0.4, 0.5) is 0 Å². The lowest BCUT2D eigenvalue weighted by molar-refractivity contribution is -0.124. The maximum Gasteiger partial charge on any atom is 0.224 e. The van der Waals surface area contributed by atoms with Crippen molar-refractivity contribution in [3.63, 3.8) is 0 Å². The zero-order chi connectivity index (χ0) is 12.1. The van der Waals surface area contributed by atoms with Crippen molar-refractivity contribution in [3.8, 4) is 5.75 Å². The summed E-state index contributed by atoms with van der Waals surface area (Å²) < 4.78 is 5.08. The molecule has 1 aliphatic rings. The molecule has 1 atom stereocenters. The van der Waals surface area contributed by atoms with Gasteiger partial charge in [-0.05, 0) is 30.7 Å². The molecule has 0 aromatic heterocycles. The minimum absolute atomic E-state index is 0. The maximum atomic E-state index is 11.8. The van der Waals surface area contributed by atoms with Crippen molar-refractivity contribution in [3.05, 3.63) is 29.8 Å². The highest BCUT2D eigenvalue weighted by atomic mass is 35.5. The number of methoxy groups -OCH3 is 1. The normalized spacial score (nSPS) is 17.9. The van der Waals surface area contributed by atoms with Gasteiger partial charge < -0.3 is 15.4 Å². The number of ether oxygens (including phenoxy) is 1. The van der Waals surface area contributed by atoms with Crippen molar-refractivity contribution in [1.29, 1.82) is 0 Å². The molecule has 1 unspecified atom stereocenters. The summed E-state index contributed by atoms with van der Waals surface area (Å²) in [6.45, 7) is 2.33. The van der Waals surface area contributed by atoms with Crippen LogP contribution < -0.4 is 15.4 Å². The second kappa shape index (κ2) is 7.24. The summed E-state index contributed by atoms with van der Waals surface area (Å²) in [6.07, 6.45) is 0.939. The van der Waals surface area contributed by atoms with Crippen molar-refractivity contribution in [2.75, 3.05) is 20.2 Å². The fourth-order valence-corrected chi connectivity index (χ4v) is 1.96. The van der Waals surface area contributed by atoms with Gasteiger partial charge in [0.2, 0.25) is 5.91 Å². The lowest BCUT2D eigenvalue weighted by atomic mass is 10.1. The molecule has 1 aromatic carbocycles. The molecule has 2 N–H and O–H groups in total. The molecule has 0 radical (unpaired) electrons. The third-order valence-electron chi connectivity index (χ3n) is 3.06. The highest BCUT2D eigenvalue weighted by molar-refractivity contribution is 5.85. The molecule has 5 heteroatoms. The van der Waals surface area contributed by atoms with Gasteiger partial charge in [-0.1, -0.05) is 12.1 Å². The SMILES string of the molecule is COc1ccc(CNC(=O)C2CCNC2)cc1.Cl. The molecule has 0 spiro atoms. The molecule has 1 saturated heterocycles. The Morgan fingerprint density at radius 3 is 2.72 bits per heavy atom. The predicted molar refractivity (Wildman–Crippen MR) is 73.1 cm³/mol. The summed E-state index contributed by atoms with van der Waals surface area (Å²) in [7, 11) is 1.64. The standard InChI is InChI=1S/C13H18N2O2.ClH/c1-17-12-4-2-10(3-5-12)8-15-13(16)11-6-7-14-9-11;/h2-5,11,14H,6-9H2,1H3,(H,15,16);1H. The van der Waals surface area contributed by atoms with E-state index >= 15 is 0 Å². The highest BCUT2D eigenvalue weighted by Crippen LogP contribution is 2.12. The molecule has 0 saturated carbocycles. The summed E-state index contributed by atoms with van der Waals surface area (Å²) in [4.78, 5) is 11.8. The Hall–Kier alpha value is -1.26. The molecule has 4 nitrogen and oxygen atoms in total. The Kier molecular flexibility index (Phi) is 5.95. The third-order valence-corrected chi connectivity index (χ3v) is 3.06. The number of rotatable bonds is 4. The number of carbonyl (C=O) groups excluding carboxylic acids is 1. The zero-order valence-corrected chi connectivity index (χ0v) is 11.3. The number of nitrogens with one attached hydrogen (secondary N) is 2. The summed E-state index contributed by atoms with van der Waals surface area (Å²) >= 11 is 0. The van der Waals surface area contributed by atoms with E-state index in [1.165, 1.54) is 0 Å². The molecule has 1 aromatic rings. The van der Waals surface area contributed by atoms with Gasteiger partial charge >= 0.3 is 0 Å². The Balaban J connectivity index is 0.00000162. The Bertz CT molecular complexity index is 375. The first-order valence-electron chi connectivity index (χ1n) is 5.91. The van der Waals surface area contributed by atoms with Crippen LogP contribution in [0.2, 0.25) is 0 Å². The Morgan fingerprint density at radius 1 is 1.44 bits per heavy atom. The monoisotopic (exact) mass is 270 g/mol. The third kappa shape index (κ3) is 3.89. The molecule has 1 heterocycles. The lowest BCUT2D eigenvalue weighted by Crippen LogP contribution is -2.31. The van der Waals surface area contributed by atoms with Crippen LogP contribution >= 0.6 is 12.4 Å². The molecular weight excluding hydrogens is 252 g/mol. The molecule has 1 fully saturated rings. The maximum absolute atomic E-state index is 11.8. The second-order valence-corrected chi connectivity index (χ2v) is 4.26. The summed E-state index contributed by atoms with van der Waals surface area (Å²) in [6, 6.07) is 7.73. The summed E-state index contributed by atoms with van der Waals surface area (Å²) in [5.74, 6) is 1.11. The smallest absolute Gasteiger partial charge is 0.224 e. The van der Waals surface area contributed by atoms with Crippen LogP contribution in [0, 0.1) is 5.92 Å². The number of hydrogen-bond donors (Lipinski definition) is 2. The van der Waals surface area contributed by atoms with E-state index in [1.807, 2.05) is 24.3 Å². The minimum Gasteiger partial charge on any atom is -0.497 e. The molecule has 1 aliphatic heterocycles. The first-order chi connectivity index (χ1) is 8.29. The molecule has 0 bridgehead atoms. The first-order valence-corrected chi connectivity index (χ1v) is 5.91. The highest BCUT2D eigenvalue weighted by Gasteiger charge is 2.21. The first kappa shape index (κ1) is 14.8. The topological polar surface area (TPSA) is 50.4 Å². The van der Waals surface area contributed by atoms with E-state index in [1.54, 1.807) is 7.11 Å². The van der Waals surface area contributed by atoms with Gasteiger partial charge in [0.05, 0.1) is 13.0 Å². The van der Waals surface area contributed by atoms with E-state index in [2.05, 4.69) is 10.6 Å². The van der Waals surface area contributed by atoms with Crippen molar-refractivity contribution < 1.29 is 9.53 Å². The van der Waals surface area contributed by atoms with E-state index in [4.69, 9.17) is 4.74 Å². The molecule has 100 valence electrons. The van der Waals surface area contributed by atoms with E-state index in [0.29, 0.717) is 6.54 Å². The quantitative estimate of drug-likeness (QED) is 0.868. The zero-order valence-electron chi connectivity index (χ0n) is 10.4. The van der Waals surface area contributed by atoms with Crippen molar-refractivity contribution in [1.82, 2.24) is 10.6 Å². The van der Waals surface area contributed by atoms with E-state index < -0.39 is 0 Å². The van der Waals surface area contributed by atoms with Gasteiger partial charge in [-0.3, -0.25) is 4.79 Å². The molecule has 1 amide bonds. The van der Waals surface area contributed by atoms with Gasteiger partial charge in [-0.2, -0.15) is 0 Å². The van der Waals surface area contributed by atoms with Crippen LogP contribution in [0.5, 0.6) is 5.75 Å². The van der Waals surface area contributed by atoms with Gasteiger partial charge in [0.1, 0.15) is 5.75 Å². The number of carbonyl (C=O) groups is 1. The summed E-state index contributed by atoms with van der Waals surface area (Å²) in [5, 5.41) is 6.15. The molecular formula is C13H19ClN2O2. The van der Waals surface area contributed by atoms with Gasteiger partial charge in [0.25, 0.3) is 0 Å². The predicted octanol–water partition coefficient (Wildman–Crippen LogP) is 1.34. The largest absolute Gasteiger partial charge is 0.497 e. The molecule has 18 heavy (non-hydrogen) atoms. The van der Waals surface area contributed by atoms with Crippen molar-refractivity contribution >= 4 is 18.3 Å². The fraction of sp³-hybridized carbons (Fsp3) is 0.462. The minimum atomic E-state index is 0. The van der Waals surface area contributed by atoms with Crippen LogP contribution in [-0.2, 0) is 11.3 Å². The van der Waals surface area contributed by atoms with E-state index in [-0.39, 0.29) is 24.2 Å². The van der Waals surface area contributed by atoms with E-state index in [0.717, 1.165) is 30.8 Å². The Labute approximate surface area is 114 Å². The molecule has 0 aliphatic carbocycles. The van der Waals surface area contributed by atoms with Crippen LogP contribution in [0.3, 0.4) is 0 Å². The fourth-order valence-electron chi connectivity index (χ4n) is 1.96. The van der Waals surface area contributed by atoms with Crippen molar-refractivity contribution in [2.45, 2.75) is 13.0 Å². The van der Waals surface area contributed by atoms with Crippen molar-refractivity contribution in [2.24, 2.45) is 5.92 Å². The van der Waals surface area contributed by atoms with E-state index in [9.17, 15) is 4.79 Å². The van der Waals surface area contributed by atoms with Gasteiger partial charge in [-0.15, -0.1) is 12.4 Å². The summed E-state index contributed by atoms with van der Waals surface area (Å²) in [5.41, 5.74) is 1.09. The number of benzene rings is 1. The van der Waals surface area contributed by atoms with Crippen LogP contribution in [-0.4, -0.2) is 26.1 Å². The average molecular weight is 271 g/mol. The van der Waals surface area contributed by atoms with Crippen LogP contribution in [0.25, 0.3) is 0 Å². The van der Waals surface area contributed by atoms with Crippen LogP contribution in [0.15, 0.2) is 24.3 Å². The number of amides is 1. The number of halogens is 1. The van der Waals surface area contributed by atoms with Gasteiger partial charge in [0.15, 0.2) is 0 Å². The van der Waals surface area contributed by atoms with Crippen LogP contribution in [0.1, 0.15) is 12.0 Å². The molecule has 2 rings (SSSR count). The Morgan fingerprint density at radius 2 is 2.17 bits per heavy atom. The number of hydrogen-bond acceptors (Lipinski definition) is 3. The van der Waals surface area contributed by atoms with Gasteiger partial charge in [0, 0.05) is 13.1 Å². The lowest BCUT2D eigenvalue weighted by Gasteiger charge is -2.10. The van der Waals surface area contributed by atoms with Gasteiger partial charge in [-0.25, -0.2) is 0 Å².